The highest BCUT2D eigenvalue weighted by Gasteiger charge is 2.08. The van der Waals surface area contributed by atoms with Crippen LogP contribution in [0.1, 0.15) is 15.4 Å². The first-order valence-corrected chi connectivity index (χ1v) is 5.85. The van der Waals surface area contributed by atoms with Crippen LogP contribution in [0.2, 0.25) is 0 Å². The summed E-state index contributed by atoms with van der Waals surface area (Å²) in [7, 11) is 1.89. The van der Waals surface area contributed by atoms with E-state index in [1.54, 1.807) is 17.4 Å². The minimum atomic E-state index is -1.06. The molecule has 0 saturated heterocycles. The van der Waals surface area contributed by atoms with Crippen LogP contribution in [0.5, 0.6) is 0 Å². The fourth-order valence-corrected chi connectivity index (χ4v) is 2.12. The fraction of sp³-hybridized carbons (Fsp3) is 0.182. The molecule has 1 N–H and O–H groups in total. The van der Waals surface area contributed by atoms with Crippen LogP contribution in [0.25, 0.3) is 0 Å². The van der Waals surface area contributed by atoms with Gasteiger partial charge in [0.1, 0.15) is 0 Å². The molecule has 5 nitrogen and oxygen atoms in total. The minimum Gasteiger partial charge on any atom is -0.476 e. The van der Waals surface area contributed by atoms with Gasteiger partial charge in [0.25, 0.3) is 0 Å². The van der Waals surface area contributed by atoms with E-state index in [0.29, 0.717) is 5.82 Å². The monoisotopic (exact) mass is 249 g/mol. The second-order valence-electron chi connectivity index (χ2n) is 3.52. The Hall–Kier alpha value is -1.95. The lowest BCUT2D eigenvalue weighted by molar-refractivity contribution is 0.0689. The van der Waals surface area contributed by atoms with Gasteiger partial charge in [0.2, 0.25) is 0 Å². The molecule has 0 atom stereocenters. The maximum absolute atomic E-state index is 10.6. The third kappa shape index (κ3) is 2.79. The van der Waals surface area contributed by atoms with Gasteiger partial charge in [-0.1, -0.05) is 6.07 Å². The van der Waals surface area contributed by atoms with Gasteiger partial charge in [0.05, 0.1) is 6.54 Å². The van der Waals surface area contributed by atoms with Gasteiger partial charge in [0, 0.05) is 11.9 Å². The predicted molar refractivity (Wildman–Crippen MR) is 65.4 cm³/mol. The van der Waals surface area contributed by atoms with E-state index in [0.717, 1.165) is 6.54 Å². The van der Waals surface area contributed by atoms with Crippen molar-refractivity contribution in [3.63, 3.8) is 0 Å². The normalized spacial score (nSPS) is 10.2. The number of aromatic nitrogens is 2. The fourth-order valence-electron chi connectivity index (χ4n) is 1.36. The molecule has 2 heterocycles. The van der Waals surface area contributed by atoms with Gasteiger partial charge in [-0.25, -0.2) is 4.79 Å². The number of hydrogen-bond donors (Lipinski definition) is 1. The van der Waals surface area contributed by atoms with E-state index in [1.165, 1.54) is 10.9 Å². The van der Waals surface area contributed by atoms with Crippen LogP contribution in [0.4, 0.5) is 5.82 Å². The van der Waals surface area contributed by atoms with E-state index in [9.17, 15) is 4.79 Å². The Morgan fingerprint density at radius 1 is 1.41 bits per heavy atom. The quantitative estimate of drug-likeness (QED) is 0.896. The number of anilines is 1. The first kappa shape index (κ1) is 11.5. The third-order valence-corrected chi connectivity index (χ3v) is 3.09. The summed E-state index contributed by atoms with van der Waals surface area (Å²) in [5.41, 5.74) is -0.0433. The molecule has 0 radical (unpaired) electrons. The Morgan fingerprint density at radius 2 is 2.24 bits per heavy atom. The van der Waals surface area contributed by atoms with Crippen molar-refractivity contribution in [2.24, 2.45) is 0 Å². The molecule has 0 bridgehead atoms. The SMILES string of the molecule is CN(Cc1cccs1)c1ccc(C(=O)O)nn1. The van der Waals surface area contributed by atoms with Gasteiger partial charge < -0.3 is 10.0 Å². The highest BCUT2D eigenvalue weighted by atomic mass is 32.1. The van der Waals surface area contributed by atoms with Crippen LogP contribution in [0.15, 0.2) is 29.6 Å². The number of nitrogens with zero attached hydrogens (tertiary/aromatic N) is 3. The first-order chi connectivity index (χ1) is 8.16. The molecule has 0 aromatic carbocycles. The van der Waals surface area contributed by atoms with E-state index in [1.807, 2.05) is 29.5 Å². The second kappa shape index (κ2) is 4.92. The van der Waals surface area contributed by atoms with E-state index in [4.69, 9.17) is 5.11 Å². The lowest BCUT2D eigenvalue weighted by Gasteiger charge is -2.16. The van der Waals surface area contributed by atoms with Gasteiger partial charge >= 0.3 is 5.97 Å². The summed E-state index contributed by atoms with van der Waals surface area (Å²) in [6.07, 6.45) is 0. The maximum Gasteiger partial charge on any atom is 0.356 e. The molecule has 2 rings (SSSR count). The Labute approximate surface area is 102 Å². The summed E-state index contributed by atoms with van der Waals surface area (Å²) in [6.45, 7) is 0.735. The summed E-state index contributed by atoms with van der Waals surface area (Å²) in [5, 5.41) is 18.2. The molecule has 2 aromatic rings. The van der Waals surface area contributed by atoms with Gasteiger partial charge in [0.15, 0.2) is 11.5 Å². The van der Waals surface area contributed by atoms with E-state index < -0.39 is 5.97 Å². The highest BCUT2D eigenvalue weighted by molar-refractivity contribution is 7.09. The van der Waals surface area contributed by atoms with Crippen molar-refractivity contribution in [3.05, 3.63) is 40.2 Å². The van der Waals surface area contributed by atoms with Crippen molar-refractivity contribution in [3.8, 4) is 0 Å². The highest BCUT2D eigenvalue weighted by Crippen LogP contribution is 2.15. The van der Waals surface area contributed by atoms with E-state index in [-0.39, 0.29) is 5.69 Å². The van der Waals surface area contributed by atoms with Gasteiger partial charge in [-0.05, 0) is 23.6 Å². The first-order valence-electron chi connectivity index (χ1n) is 4.97. The van der Waals surface area contributed by atoms with Crippen LogP contribution in [0, 0.1) is 0 Å². The smallest absolute Gasteiger partial charge is 0.356 e. The largest absolute Gasteiger partial charge is 0.476 e. The molecule has 0 saturated carbocycles. The van der Waals surface area contributed by atoms with Crippen LogP contribution >= 0.6 is 11.3 Å². The summed E-state index contributed by atoms with van der Waals surface area (Å²) in [5.74, 6) is -0.409. The zero-order valence-corrected chi connectivity index (χ0v) is 10.0. The lowest BCUT2D eigenvalue weighted by Crippen LogP contribution is -2.18. The van der Waals surface area contributed by atoms with Crippen LogP contribution in [-0.2, 0) is 6.54 Å². The average Bonchev–Trinajstić information content (AvgIpc) is 2.82. The molecule has 17 heavy (non-hydrogen) atoms. The molecule has 0 aliphatic heterocycles. The van der Waals surface area contributed by atoms with Crippen molar-refractivity contribution in [2.45, 2.75) is 6.54 Å². The second-order valence-corrected chi connectivity index (χ2v) is 4.55. The van der Waals surface area contributed by atoms with Crippen molar-refractivity contribution < 1.29 is 9.90 Å². The Balaban J connectivity index is 2.09. The van der Waals surface area contributed by atoms with Crippen molar-refractivity contribution >= 4 is 23.1 Å². The molecule has 0 spiro atoms. The standard InChI is InChI=1S/C11H11N3O2S/c1-14(7-8-3-2-6-17-8)10-5-4-9(11(15)16)12-13-10/h2-6H,7H2,1H3,(H,15,16). The Kier molecular flexibility index (Phi) is 3.34. The molecule has 0 fully saturated rings. The van der Waals surface area contributed by atoms with Crippen molar-refractivity contribution in [1.29, 1.82) is 0 Å². The number of rotatable bonds is 4. The molecule has 2 aromatic heterocycles. The van der Waals surface area contributed by atoms with E-state index in [2.05, 4.69) is 10.2 Å². The molecular weight excluding hydrogens is 238 g/mol. The van der Waals surface area contributed by atoms with Crippen molar-refractivity contribution in [1.82, 2.24) is 10.2 Å². The number of thiophene rings is 1. The van der Waals surface area contributed by atoms with E-state index >= 15 is 0 Å². The number of carboxylic acid groups (broad SMARTS) is 1. The average molecular weight is 249 g/mol. The predicted octanol–water partition coefficient (Wildman–Crippen LogP) is 1.87. The number of hydrogen-bond acceptors (Lipinski definition) is 5. The third-order valence-electron chi connectivity index (χ3n) is 2.23. The summed E-state index contributed by atoms with van der Waals surface area (Å²) in [4.78, 5) is 13.8. The summed E-state index contributed by atoms with van der Waals surface area (Å²) in [6, 6.07) is 7.15. The van der Waals surface area contributed by atoms with Gasteiger partial charge in [-0.15, -0.1) is 21.5 Å². The van der Waals surface area contributed by atoms with Crippen molar-refractivity contribution in [2.75, 3.05) is 11.9 Å². The number of aromatic carboxylic acids is 1. The molecular formula is C11H11N3O2S. The molecule has 0 aliphatic carbocycles. The Morgan fingerprint density at radius 3 is 2.76 bits per heavy atom. The van der Waals surface area contributed by atoms with Crippen LogP contribution in [0.3, 0.4) is 0 Å². The maximum atomic E-state index is 10.6. The molecule has 0 amide bonds. The zero-order chi connectivity index (χ0) is 12.3. The van der Waals surface area contributed by atoms with Crippen LogP contribution in [-0.4, -0.2) is 28.3 Å². The number of carbonyl (C=O) groups is 1. The lowest BCUT2D eigenvalue weighted by atomic mass is 10.3. The molecule has 0 aliphatic rings. The molecule has 88 valence electrons. The molecule has 6 heteroatoms. The summed E-state index contributed by atoms with van der Waals surface area (Å²) < 4.78 is 0. The summed E-state index contributed by atoms with van der Waals surface area (Å²) >= 11 is 1.67. The zero-order valence-electron chi connectivity index (χ0n) is 9.20. The minimum absolute atomic E-state index is 0.0433. The topological polar surface area (TPSA) is 66.3 Å². The Bertz CT molecular complexity index is 496. The van der Waals surface area contributed by atoms with Gasteiger partial charge in [-0.3, -0.25) is 0 Å². The molecule has 0 unspecified atom stereocenters. The number of carboxylic acids is 1. The van der Waals surface area contributed by atoms with Gasteiger partial charge in [-0.2, -0.15) is 0 Å². The van der Waals surface area contributed by atoms with Crippen LogP contribution < -0.4 is 4.90 Å².